The van der Waals surface area contributed by atoms with Crippen LogP contribution in [0.4, 0.5) is 0 Å². The molecule has 0 spiro atoms. The first-order valence-electron chi connectivity index (χ1n) is 8.88. The molecule has 3 atom stereocenters. The summed E-state index contributed by atoms with van der Waals surface area (Å²) in [6, 6.07) is 0.502. The average molecular weight is 332 g/mol. The Kier molecular flexibility index (Phi) is 3.79. The molecular formula is C16H24N6O2. The third kappa shape index (κ3) is 2.31. The van der Waals surface area contributed by atoms with E-state index in [9.17, 15) is 9.59 Å². The molecule has 0 radical (unpaired) electrons. The van der Waals surface area contributed by atoms with E-state index in [1.165, 1.54) is 0 Å². The molecule has 3 saturated heterocycles. The molecular weight excluding hydrogens is 308 g/mol. The second-order valence-electron chi connectivity index (χ2n) is 6.88. The van der Waals surface area contributed by atoms with Crippen LogP contribution in [0.5, 0.6) is 0 Å². The summed E-state index contributed by atoms with van der Waals surface area (Å²) in [6.45, 7) is 7.84. The highest BCUT2D eigenvalue weighted by atomic mass is 16.2. The van der Waals surface area contributed by atoms with Gasteiger partial charge in [-0.2, -0.15) is 0 Å². The zero-order chi connectivity index (χ0) is 16.8. The molecule has 3 fully saturated rings. The third-order valence-corrected chi connectivity index (χ3v) is 5.68. The predicted octanol–water partition coefficient (Wildman–Crippen LogP) is -0.182. The van der Waals surface area contributed by atoms with Gasteiger partial charge in [0.1, 0.15) is 0 Å². The lowest BCUT2D eigenvalue weighted by Crippen LogP contribution is -2.53. The van der Waals surface area contributed by atoms with E-state index in [1.54, 1.807) is 10.9 Å². The van der Waals surface area contributed by atoms with Crippen molar-refractivity contribution in [1.29, 1.82) is 0 Å². The lowest BCUT2D eigenvalue weighted by atomic mass is 10.1. The van der Waals surface area contributed by atoms with Gasteiger partial charge in [-0.15, -0.1) is 5.10 Å². The average Bonchev–Trinajstić information content (AvgIpc) is 3.36. The monoisotopic (exact) mass is 332 g/mol. The minimum absolute atomic E-state index is 0.0122. The fourth-order valence-corrected chi connectivity index (χ4v) is 4.37. The molecule has 4 rings (SSSR count). The van der Waals surface area contributed by atoms with E-state index >= 15 is 0 Å². The molecule has 1 aromatic rings. The van der Waals surface area contributed by atoms with E-state index in [2.05, 4.69) is 15.2 Å². The number of fused-ring (bicyclic) bond motifs is 2. The number of piperazine rings is 1. The van der Waals surface area contributed by atoms with Crippen LogP contribution in [0.25, 0.3) is 0 Å². The number of likely N-dealkylation sites (tertiary alicyclic amines) is 3. The maximum absolute atomic E-state index is 12.7. The summed E-state index contributed by atoms with van der Waals surface area (Å²) in [5, 5.41) is 7.95. The topological polar surface area (TPSA) is 74.6 Å². The Morgan fingerprint density at radius 1 is 1.25 bits per heavy atom. The lowest BCUT2D eigenvalue weighted by molar-refractivity contribution is -0.132. The van der Waals surface area contributed by atoms with E-state index in [1.807, 2.05) is 23.6 Å². The van der Waals surface area contributed by atoms with Gasteiger partial charge in [0.25, 0.3) is 5.91 Å². The van der Waals surface area contributed by atoms with Crippen molar-refractivity contribution in [3.05, 3.63) is 11.9 Å². The van der Waals surface area contributed by atoms with E-state index in [0.717, 1.165) is 32.5 Å². The quantitative estimate of drug-likeness (QED) is 0.764. The number of amides is 2. The number of carbonyl (C=O) groups is 2. The molecule has 0 aromatic carbocycles. The Labute approximate surface area is 141 Å². The molecule has 2 bridgehead atoms. The van der Waals surface area contributed by atoms with Crippen LogP contribution in [0.1, 0.15) is 37.2 Å². The summed E-state index contributed by atoms with van der Waals surface area (Å²) in [5.74, 6) is 0.226. The van der Waals surface area contributed by atoms with Crippen molar-refractivity contribution < 1.29 is 9.59 Å². The van der Waals surface area contributed by atoms with Crippen molar-refractivity contribution in [2.45, 2.75) is 51.4 Å². The zero-order valence-electron chi connectivity index (χ0n) is 14.3. The Balaban J connectivity index is 1.43. The zero-order valence-corrected chi connectivity index (χ0v) is 14.3. The third-order valence-electron chi connectivity index (χ3n) is 5.68. The van der Waals surface area contributed by atoms with Gasteiger partial charge in [0, 0.05) is 44.8 Å². The number of hydrogen-bond donors (Lipinski definition) is 0. The van der Waals surface area contributed by atoms with Gasteiger partial charge in [0.05, 0.1) is 12.2 Å². The standard InChI is InChI=1S/C16H24N6O2/c1-3-19-6-5-14(16(19)24)21-8-12-7-11(21)9-22(12)15(23)13-10-20(4-2)18-17-13/h10-12,14H,3-9H2,1-2H3/t11-,12-,14?/m0/s1. The van der Waals surface area contributed by atoms with Crippen LogP contribution in [-0.2, 0) is 11.3 Å². The van der Waals surface area contributed by atoms with Crippen LogP contribution in [-0.4, -0.2) is 85.8 Å². The smallest absolute Gasteiger partial charge is 0.276 e. The number of nitrogens with zero attached hydrogens (tertiary/aromatic N) is 6. The van der Waals surface area contributed by atoms with Gasteiger partial charge in [-0.1, -0.05) is 5.21 Å². The summed E-state index contributed by atoms with van der Waals surface area (Å²) in [7, 11) is 0. The van der Waals surface area contributed by atoms with Crippen molar-refractivity contribution in [2.24, 2.45) is 0 Å². The van der Waals surface area contributed by atoms with Crippen molar-refractivity contribution in [2.75, 3.05) is 26.2 Å². The number of carbonyl (C=O) groups excluding carboxylic acids is 2. The Morgan fingerprint density at radius 2 is 2.08 bits per heavy atom. The Bertz CT molecular complexity index is 659. The minimum atomic E-state index is -0.0326. The normalized spacial score (nSPS) is 29.9. The summed E-state index contributed by atoms with van der Waals surface area (Å²) < 4.78 is 1.67. The molecule has 3 aliphatic rings. The van der Waals surface area contributed by atoms with E-state index < -0.39 is 0 Å². The molecule has 130 valence electrons. The molecule has 4 heterocycles. The van der Waals surface area contributed by atoms with Gasteiger partial charge < -0.3 is 9.80 Å². The molecule has 3 aliphatic heterocycles. The van der Waals surface area contributed by atoms with Crippen LogP contribution in [0.2, 0.25) is 0 Å². The van der Waals surface area contributed by atoms with Crippen molar-refractivity contribution in [3.8, 4) is 0 Å². The van der Waals surface area contributed by atoms with Gasteiger partial charge >= 0.3 is 0 Å². The highest BCUT2D eigenvalue weighted by molar-refractivity contribution is 5.92. The first kappa shape index (κ1) is 15.6. The number of likely N-dealkylation sites (N-methyl/N-ethyl adjacent to an activating group) is 1. The Morgan fingerprint density at radius 3 is 2.67 bits per heavy atom. The van der Waals surface area contributed by atoms with Gasteiger partial charge in [-0.05, 0) is 26.7 Å². The van der Waals surface area contributed by atoms with E-state index in [4.69, 9.17) is 0 Å². The largest absolute Gasteiger partial charge is 0.342 e. The molecule has 8 heteroatoms. The summed E-state index contributed by atoms with van der Waals surface area (Å²) >= 11 is 0. The predicted molar refractivity (Wildman–Crippen MR) is 86.3 cm³/mol. The lowest BCUT2D eigenvalue weighted by Gasteiger charge is -2.36. The molecule has 0 saturated carbocycles. The molecule has 1 unspecified atom stereocenters. The number of aromatic nitrogens is 3. The summed E-state index contributed by atoms with van der Waals surface area (Å²) in [5.41, 5.74) is 0.421. The summed E-state index contributed by atoms with van der Waals surface area (Å²) in [4.78, 5) is 31.3. The van der Waals surface area contributed by atoms with Crippen LogP contribution in [0.3, 0.4) is 0 Å². The first-order chi connectivity index (χ1) is 11.6. The summed E-state index contributed by atoms with van der Waals surface area (Å²) in [6.07, 6.45) is 3.59. The maximum Gasteiger partial charge on any atom is 0.276 e. The van der Waals surface area contributed by atoms with Gasteiger partial charge in [-0.3, -0.25) is 19.2 Å². The van der Waals surface area contributed by atoms with Gasteiger partial charge in [0.2, 0.25) is 5.91 Å². The van der Waals surface area contributed by atoms with Crippen LogP contribution < -0.4 is 0 Å². The molecule has 0 N–H and O–H groups in total. The second kappa shape index (κ2) is 5.84. The van der Waals surface area contributed by atoms with E-state index in [0.29, 0.717) is 24.8 Å². The van der Waals surface area contributed by atoms with Crippen molar-refractivity contribution in [1.82, 2.24) is 29.7 Å². The Hall–Kier alpha value is -1.96. The van der Waals surface area contributed by atoms with Gasteiger partial charge in [-0.25, -0.2) is 0 Å². The first-order valence-corrected chi connectivity index (χ1v) is 8.88. The van der Waals surface area contributed by atoms with Crippen LogP contribution in [0.15, 0.2) is 6.20 Å². The van der Waals surface area contributed by atoms with Crippen molar-refractivity contribution >= 4 is 11.8 Å². The van der Waals surface area contributed by atoms with Gasteiger partial charge in [0.15, 0.2) is 5.69 Å². The van der Waals surface area contributed by atoms with Crippen LogP contribution >= 0.6 is 0 Å². The number of rotatable bonds is 4. The molecule has 1 aromatic heterocycles. The fraction of sp³-hybridized carbons (Fsp3) is 0.750. The van der Waals surface area contributed by atoms with Crippen molar-refractivity contribution in [3.63, 3.8) is 0 Å². The molecule has 8 nitrogen and oxygen atoms in total. The number of hydrogen-bond acceptors (Lipinski definition) is 5. The molecule has 0 aliphatic carbocycles. The highest BCUT2D eigenvalue weighted by Crippen LogP contribution is 2.35. The SMILES string of the molecule is CCN1CCC(N2C[C@@H]3C[C@H]2CN3C(=O)c2cn(CC)nn2)C1=O. The fourth-order valence-electron chi connectivity index (χ4n) is 4.37. The van der Waals surface area contributed by atoms with Crippen LogP contribution in [0, 0.1) is 0 Å². The second-order valence-corrected chi connectivity index (χ2v) is 6.88. The van der Waals surface area contributed by atoms with E-state index in [-0.39, 0.29) is 23.9 Å². The molecule has 2 amide bonds. The highest BCUT2D eigenvalue weighted by Gasteiger charge is 2.50. The maximum atomic E-state index is 12.7. The number of aryl methyl sites for hydroxylation is 1. The minimum Gasteiger partial charge on any atom is -0.342 e. The molecule has 24 heavy (non-hydrogen) atoms.